The van der Waals surface area contributed by atoms with Crippen molar-refractivity contribution in [1.29, 1.82) is 0 Å². The number of hydrogen-bond donors (Lipinski definition) is 1. The summed E-state index contributed by atoms with van der Waals surface area (Å²) in [4.78, 5) is 10.4. The van der Waals surface area contributed by atoms with Crippen LogP contribution < -0.4 is 4.74 Å². The Labute approximate surface area is 101 Å². The molecular weight excluding hydrogens is 279 g/mol. The molecule has 0 aromatic heterocycles. The predicted molar refractivity (Wildman–Crippen MR) is 62.3 cm³/mol. The molecule has 0 fully saturated rings. The SMILES string of the molecule is O=C(O)/C=C/c1cc(OCCF)ccc1Br. The first kappa shape index (κ1) is 12.7. The third-order valence-corrected chi connectivity index (χ3v) is 2.44. The van der Waals surface area contributed by atoms with E-state index < -0.39 is 12.6 Å². The van der Waals surface area contributed by atoms with Crippen molar-refractivity contribution in [3.05, 3.63) is 34.3 Å². The van der Waals surface area contributed by atoms with Crippen molar-refractivity contribution < 1.29 is 19.0 Å². The monoisotopic (exact) mass is 288 g/mol. The van der Waals surface area contributed by atoms with Gasteiger partial charge in [-0.05, 0) is 29.8 Å². The highest BCUT2D eigenvalue weighted by Crippen LogP contribution is 2.23. The number of carbonyl (C=O) groups is 1. The number of ether oxygens (including phenoxy) is 1. The van der Waals surface area contributed by atoms with Gasteiger partial charge in [-0.2, -0.15) is 0 Å². The summed E-state index contributed by atoms with van der Waals surface area (Å²) in [6, 6.07) is 5.03. The zero-order chi connectivity index (χ0) is 12.0. The van der Waals surface area contributed by atoms with Crippen LogP contribution in [0, 0.1) is 0 Å². The van der Waals surface area contributed by atoms with E-state index in [1.54, 1.807) is 18.2 Å². The number of carboxylic acid groups (broad SMARTS) is 1. The number of halogens is 2. The number of aliphatic carboxylic acids is 1. The van der Waals surface area contributed by atoms with Crippen molar-refractivity contribution in [3.63, 3.8) is 0 Å². The van der Waals surface area contributed by atoms with Gasteiger partial charge in [0, 0.05) is 10.5 Å². The molecule has 0 spiro atoms. The molecule has 86 valence electrons. The molecule has 1 aromatic rings. The molecule has 0 aliphatic heterocycles. The van der Waals surface area contributed by atoms with Gasteiger partial charge < -0.3 is 9.84 Å². The van der Waals surface area contributed by atoms with E-state index in [1.165, 1.54) is 6.08 Å². The van der Waals surface area contributed by atoms with Gasteiger partial charge in [0.2, 0.25) is 0 Å². The van der Waals surface area contributed by atoms with Gasteiger partial charge in [0.05, 0.1) is 0 Å². The van der Waals surface area contributed by atoms with Crippen LogP contribution in [0.3, 0.4) is 0 Å². The topological polar surface area (TPSA) is 46.5 Å². The highest BCUT2D eigenvalue weighted by Gasteiger charge is 2.00. The number of rotatable bonds is 5. The van der Waals surface area contributed by atoms with Crippen LogP contribution in [0.2, 0.25) is 0 Å². The van der Waals surface area contributed by atoms with E-state index in [0.29, 0.717) is 11.3 Å². The van der Waals surface area contributed by atoms with Gasteiger partial charge in [-0.25, -0.2) is 9.18 Å². The molecule has 0 bridgehead atoms. The quantitative estimate of drug-likeness (QED) is 0.848. The third kappa shape index (κ3) is 4.02. The molecule has 0 unspecified atom stereocenters. The van der Waals surface area contributed by atoms with Gasteiger partial charge in [0.1, 0.15) is 19.0 Å². The van der Waals surface area contributed by atoms with E-state index in [0.717, 1.165) is 10.5 Å². The fourth-order valence-electron chi connectivity index (χ4n) is 1.06. The zero-order valence-corrected chi connectivity index (χ0v) is 9.91. The van der Waals surface area contributed by atoms with E-state index in [9.17, 15) is 9.18 Å². The lowest BCUT2D eigenvalue weighted by molar-refractivity contribution is -0.131. The van der Waals surface area contributed by atoms with Gasteiger partial charge in [-0.1, -0.05) is 15.9 Å². The smallest absolute Gasteiger partial charge is 0.328 e. The number of carboxylic acids is 1. The molecule has 0 aliphatic carbocycles. The highest BCUT2D eigenvalue weighted by atomic mass is 79.9. The van der Waals surface area contributed by atoms with Crippen molar-refractivity contribution in [1.82, 2.24) is 0 Å². The molecule has 1 N–H and O–H groups in total. The summed E-state index contributed by atoms with van der Waals surface area (Å²) in [5.74, 6) is -0.520. The van der Waals surface area contributed by atoms with E-state index in [-0.39, 0.29) is 6.61 Å². The first-order chi connectivity index (χ1) is 7.63. The van der Waals surface area contributed by atoms with Crippen molar-refractivity contribution in [3.8, 4) is 5.75 Å². The molecule has 0 aliphatic rings. The standard InChI is InChI=1S/C11H10BrFO3/c12-10-3-2-9(16-6-5-13)7-8(10)1-4-11(14)15/h1-4,7H,5-6H2,(H,14,15)/b4-1+. The van der Waals surface area contributed by atoms with Crippen molar-refractivity contribution in [2.75, 3.05) is 13.3 Å². The summed E-state index contributed by atoms with van der Waals surface area (Å²) in [5, 5.41) is 8.49. The predicted octanol–water partition coefficient (Wildman–Crippen LogP) is 2.90. The maximum Gasteiger partial charge on any atom is 0.328 e. The summed E-state index contributed by atoms with van der Waals surface area (Å²) in [6.07, 6.45) is 2.47. The molecule has 0 radical (unpaired) electrons. The number of hydrogen-bond acceptors (Lipinski definition) is 2. The lowest BCUT2D eigenvalue weighted by Gasteiger charge is -2.05. The Kier molecular flexibility index (Phi) is 4.98. The van der Waals surface area contributed by atoms with Crippen LogP contribution in [0.25, 0.3) is 6.08 Å². The minimum atomic E-state index is -1.03. The Bertz CT molecular complexity index is 404. The fraction of sp³-hybridized carbons (Fsp3) is 0.182. The Morgan fingerprint density at radius 1 is 1.56 bits per heavy atom. The van der Waals surface area contributed by atoms with Crippen LogP contribution in [-0.2, 0) is 4.79 Å². The maximum absolute atomic E-state index is 11.9. The lowest BCUT2D eigenvalue weighted by atomic mass is 10.2. The van der Waals surface area contributed by atoms with Gasteiger partial charge in [0.25, 0.3) is 0 Å². The van der Waals surface area contributed by atoms with E-state index in [2.05, 4.69) is 15.9 Å². The minimum Gasteiger partial charge on any atom is -0.491 e. The van der Waals surface area contributed by atoms with Crippen molar-refractivity contribution >= 4 is 28.0 Å². The Balaban J connectivity index is 2.85. The molecule has 3 nitrogen and oxygen atoms in total. The number of alkyl halides is 1. The maximum atomic E-state index is 11.9. The first-order valence-corrected chi connectivity index (χ1v) is 5.32. The Hall–Kier alpha value is -1.36. The van der Waals surface area contributed by atoms with E-state index >= 15 is 0 Å². The largest absolute Gasteiger partial charge is 0.491 e. The molecular formula is C11H10BrFO3. The summed E-state index contributed by atoms with van der Waals surface area (Å²) in [5.41, 5.74) is 0.666. The van der Waals surface area contributed by atoms with Crippen LogP contribution in [0.15, 0.2) is 28.7 Å². The van der Waals surface area contributed by atoms with Gasteiger partial charge in [-0.15, -0.1) is 0 Å². The molecule has 16 heavy (non-hydrogen) atoms. The van der Waals surface area contributed by atoms with Crippen LogP contribution >= 0.6 is 15.9 Å². The molecule has 0 heterocycles. The second-order valence-corrected chi connectivity index (χ2v) is 3.75. The third-order valence-electron chi connectivity index (χ3n) is 1.72. The molecule has 5 heteroatoms. The molecule has 0 saturated heterocycles. The van der Waals surface area contributed by atoms with Crippen LogP contribution in [0.4, 0.5) is 4.39 Å². The average Bonchev–Trinajstić information content (AvgIpc) is 2.26. The highest BCUT2D eigenvalue weighted by molar-refractivity contribution is 9.10. The van der Waals surface area contributed by atoms with E-state index in [1.807, 2.05) is 0 Å². The second-order valence-electron chi connectivity index (χ2n) is 2.89. The van der Waals surface area contributed by atoms with Crippen LogP contribution in [0.1, 0.15) is 5.56 Å². The van der Waals surface area contributed by atoms with Crippen LogP contribution in [0.5, 0.6) is 5.75 Å². The average molecular weight is 289 g/mol. The fourth-order valence-corrected chi connectivity index (χ4v) is 1.44. The normalized spacial score (nSPS) is 10.6. The molecule has 1 rings (SSSR count). The molecule has 0 saturated carbocycles. The van der Waals surface area contributed by atoms with Gasteiger partial charge in [-0.3, -0.25) is 0 Å². The van der Waals surface area contributed by atoms with Crippen LogP contribution in [-0.4, -0.2) is 24.4 Å². The Morgan fingerprint density at radius 3 is 2.94 bits per heavy atom. The van der Waals surface area contributed by atoms with E-state index in [4.69, 9.17) is 9.84 Å². The van der Waals surface area contributed by atoms with Gasteiger partial charge in [0.15, 0.2) is 0 Å². The van der Waals surface area contributed by atoms with Gasteiger partial charge >= 0.3 is 5.97 Å². The lowest BCUT2D eigenvalue weighted by Crippen LogP contribution is -1.98. The minimum absolute atomic E-state index is 0.0102. The summed E-state index contributed by atoms with van der Waals surface area (Å²) in [7, 11) is 0. The second kappa shape index (κ2) is 6.27. The summed E-state index contributed by atoms with van der Waals surface area (Å²) >= 11 is 3.27. The Morgan fingerprint density at radius 2 is 2.31 bits per heavy atom. The number of benzene rings is 1. The molecule has 0 amide bonds. The molecule has 0 atom stereocenters. The molecule has 1 aromatic carbocycles. The van der Waals surface area contributed by atoms with Crippen molar-refractivity contribution in [2.45, 2.75) is 0 Å². The summed E-state index contributed by atoms with van der Waals surface area (Å²) < 4.78 is 17.7. The first-order valence-electron chi connectivity index (χ1n) is 4.53. The summed E-state index contributed by atoms with van der Waals surface area (Å²) in [6.45, 7) is -0.569. The van der Waals surface area contributed by atoms with Crippen molar-refractivity contribution in [2.24, 2.45) is 0 Å². The zero-order valence-electron chi connectivity index (χ0n) is 8.32.